The maximum atomic E-state index is 14.0. The van der Waals surface area contributed by atoms with Gasteiger partial charge in [-0.25, -0.2) is 4.39 Å². The van der Waals surface area contributed by atoms with Crippen LogP contribution in [0.15, 0.2) is 53.5 Å². The van der Waals surface area contributed by atoms with E-state index in [9.17, 15) is 9.18 Å². The van der Waals surface area contributed by atoms with Gasteiger partial charge in [0.05, 0.1) is 6.04 Å². The molecular weight excluding hydrogens is 496 g/mol. The summed E-state index contributed by atoms with van der Waals surface area (Å²) in [4.78, 5) is 20.4. The third-order valence-electron chi connectivity index (χ3n) is 4.81. The highest BCUT2D eigenvalue weighted by atomic mass is 127. The fraction of sp³-hybridized carbons (Fsp3) is 0.364. The van der Waals surface area contributed by atoms with E-state index in [0.29, 0.717) is 37.6 Å². The summed E-state index contributed by atoms with van der Waals surface area (Å²) in [6.07, 6.45) is 0.416. The molecule has 0 spiro atoms. The first-order chi connectivity index (χ1) is 14.0. The maximum Gasteiger partial charge on any atom is 0.229 e. The standard InChI is InChI=1S/C22H28FN5O.HI/c1-24-22(25-13-16-9-10-20(23)17(11-16)14-27(2)3)26-18-12-21(29)28(15-18)19-7-5-4-6-8-19;/h4-11,18H,12-15H2,1-3H3,(H2,24,25,26);1H. The number of amides is 1. The molecule has 1 fully saturated rings. The molecule has 0 aliphatic carbocycles. The number of nitrogens with zero attached hydrogens (tertiary/aromatic N) is 3. The van der Waals surface area contributed by atoms with E-state index in [1.807, 2.05) is 55.4 Å². The number of benzene rings is 2. The highest BCUT2D eigenvalue weighted by molar-refractivity contribution is 14.0. The molecule has 6 nitrogen and oxygen atoms in total. The molecule has 1 heterocycles. The van der Waals surface area contributed by atoms with Crippen LogP contribution in [0, 0.1) is 5.82 Å². The Balaban J connectivity index is 0.00000320. The summed E-state index contributed by atoms with van der Waals surface area (Å²) in [5, 5.41) is 6.57. The van der Waals surface area contributed by atoms with Crippen LogP contribution in [0.5, 0.6) is 0 Å². The van der Waals surface area contributed by atoms with Crippen molar-refractivity contribution in [2.24, 2.45) is 4.99 Å². The molecule has 1 aliphatic rings. The Labute approximate surface area is 194 Å². The summed E-state index contributed by atoms with van der Waals surface area (Å²) in [5.74, 6) is 0.516. The third kappa shape index (κ3) is 6.40. The maximum absolute atomic E-state index is 14.0. The average molecular weight is 525 g/mol. The van der Waals surface area contributed by atoms with Crippen molar-refractivity contribution in [3.8, 4) is 0 Å². The molecule has 1 aliphatic heterocycles. The molecule has 0 aromatic heterocycles. The number of hydrogen-bond donors (Lipinski definition) is 2. The van der Waals surface area contributed by atoms with Crippen LogP contribution >= 0.6 is 24.0 Å². The van der Waals surface area contributed by atoms with E-state index in [1.165, 1.54) is 6.07 Å². The number of halogens is 2. The number of aliphatic imine (C=N–C) groups is 1. The van der Waals surface area contributed by atoms with Crippen molar-refractivity contribution in [1.29, 1.82) is 0 Å². The zero-order valence-electron chi connectivity index (χ0n) is 17.6. The van der Waals surface area contributed by atoms with Gasteiger partial charge in [-0.05, 0) is 43.9 Å². The van der Waals surface area contributed by atoms with Gasteiger partial charge in [-0.3, -0.25) is 9.79 Å². The highest BCUT2D eigenvalue weighted by Crippen LogP contribution is 2.21. The molecule has 2 aromatic rings. The topological polar surface area (TPSA) is 60.0 Å². The molecule has 0 bridgehead atoms. The highest BCUT2D eigenvalue weighted by Gasteiger charge is 2.31. The van der Waals surface area contributed by atoms with Crippen molar-refractivity contribution in [1.82, 2.24) is 15.5 Å². The van der Waals surface area contributed by atoms with Crippen LogP contribution in [-0.2, 0) is 17.9 Å². The van der Waals surface area contributed by atoms with Gasteiger partial charge in [0.2, 0.25) is 5.91 Å². The van der Waals surface area contributed by atoms with Gasteiger partial charge in [0, 0.05) is 44.4 Å². The van der Waals surface area contributed by atoms with Gasteiger partial charge in [-0.1, -0.05) is 24.3 Å². The molecule has 1 saturated heterocycles. The number of carbonyl (C=O) groups excluding carboxylic acids is 1. The molecule has 1 atom stereocenters. The molecule has 0 radical (unpaired) electrons. The van der Waals surface area contributed by atoms with E-state index in [-0.39, 0.29) is 41.7 Å². The molecule has 2 N–H and O–H groups in total. The van der Waals surface area contributed by atoms with Crippen molar-refractivity contribution < 1.29 is 9.18 Å². The van der Waals surface area contributed by atoms with Crippen LogP contribution in [0.2, 0.25) is 0 Å². The SMILES string of the molecule is CN=C(NCc1ccc(F)c(CN(C)C)c1)NC1CC(=O)N(c2ccccc2)C1.I. The molecule has 0 saturated carbocycles. The lowest BCUT2D eigenvalue weighted by Gasteiger charge is -2.19. The van der Waals surface area contributed by atoms with Crippen molar-refractivity contribution in [3.05, 3.63) is 65.5 Å². The predicted molar refractivity (Wildman–Crippen MR) is 130 cm³/mol. The average Bonchev–Trinajstić information content (AvgIpc) is 3.07. The van der Waals surface area contributed by atoms with E-state index in [1.54, 1.807) is 18.0 Å². The van der Waals surface area contributed by atoms with Crippen molar-refractivity contribution in [2.45, 2.75) is 25.6 Å². The van der Waals surface area contributed by atoms with E-state index in [0.717, 1.165) is 11.3 Å². The number of hydrogen-bond acceptors (Lipinski definition) is 3. The summed E-state index contributed by atoms with van der Waals surface area (Å²) < 4.78 is 14.0. The zero-order valence-corrected chi connectivity index (χ0v) is 19.9. The quantitative estimate of drug-likeness (QED) is 0.346. The van der Waals surface area contributed by atoms with Gasteiger partial charge in [0.25, 0.3) is 0 Å². The fourth-order valence-electron chi connectivity index (χ4n) is 3.44. The van der Waals surface area contributed by atoms with Crippen LogP contribution in [0.4, 0.5) is 10.1 Å². The Bertz CT molecular complexity index is 875. The Morgan fingerprint density at radius 3 is 2.63 bits per heavy atom. The molecule has 162 valence electrons. The summed E-state index contributed by atoms with van der Waals surface area (Å²) in [5.41, 5.74) is 2.54. The van der Waals surface area contributed by atoms with E-state index in [2.05, 4.69) is 15.6 Å². The number of nitrogens with one attached hydrogen (secondary N) is 2. The molecular formula is C22H29FIN5O. The molecule has 8 heteroatoms. The van der Waals surface area contributed by atoms with Crippen LogP contribution in [0.1, 0.15) is 17.5 Å². The second kappa shape index (κ2) is 11.3. The lowest BCUT2D eigenvalue weighted by atomic mass is 10.1. The van der Waals surface area contributed by atoms with E-state index >= 15 is 0 Å². The van der Waals surface area contributed by atoms with E-state index in [4.69, 9.17) is 0 Å². The number of guanidine groups is 1. The lowest BCUT2D eigenvalue weighted by Crippen LogP contribution is -2.44. The first-order valence-corrected chi connectivity index (χ1v) is 9.71. The second-order valence-corrected chi connectivity index (χ2v) is 7.47. The number of anilines is 1. The van der Waals surface area contributed by atoms with E-state index < -0.39 is 0 Å². The number of rotatable bonds is 6. The largest absolute Gasteiger partial charge is 0.352 e. The fourth-order valence-corrected chi connectivity index (χ4v) is 3.44. The zero-order chi connectivity index (χ0) is 20.8. The van der Waals surface area contributed by atoms with Gasteiger partial charge in [-0.2, -0.15) is 0 Å². The van der Waals surface area contributed by atoms with Crippen molar-refractivity contribution in [2.75, 3.05) is 32.6 Å². The Morgan fingerprint density at radius 2 is 1.97 bits per heavy atom. The molecule has 30 heavy (non-hydrogen) atoms. The summed E-state index contributed by atoms with van der Waals surface area (Å²) >= 11 is 0. The monoisotopic (exact) mass is 525 g/mol. The van der Waals surface area contributed by atoms with Gasteiger partial charge >= 0.3 is 0 Å². The van der Waals surface area contributed by atoms with Crippen molar-refractivity contribution in [3.63, 3.8) is 0 Å². The molecule has 1 unspecified atom stereocenters. The number of para-hydroxylation sites is 1. The van der Waals surface area contributed by atoms with Crippen LogP contribution in [0.25, 0.3) is 0 Å². The van der Waals surface area contributed by atoms with Crippen LogP contribution in [-0.4, -0.2) is 50.5 Å². The van der Waals surface area contributed by atoms with Gasteiger partial charge in [0.1, 0.15) is 5.82 Å². The van der Waals surface area contributed by atoms with Crippen LogP contribution < -0.4 is 15.5 Å². The Morgan fingerprint density at radius 1 is 1.23 bits per heavy atom. The van der Waals surface area contributed by atoms with Crippen LogP contribution in [0.3, 0.4) is 0 Å². The first kappa shape index (κ1) is 24.1. The Hall–Kier alpha value is -2.20. The normalized spacial score (nSPS) is 16.6. The summed E-state index contributed by atoms with van der Waals surface area (Å²) in [7, 11) is 5.53. The molecule has 2 aromatic carbocycles. The minimum Gasteiger partial charge on any atom is -0.352 e. The van der Waals surface area contributed by atoms with Crippen molar-refractivity contribution >= 4 is 41.5 Å². The lowest BCUT2D eigenvalue weighted by molar-refractivity contribution is -0.117. The second-order valence-electron chi connectivity index (χ2n) is 7.47. The van der Waals surface area contributed by atoms with Gasteiger partial charge < -0.3 is 20.4 Å². The third-order valence-corrected chi connectivity index (χ3v) is 4.81. The Kier molecular flexibility index (Phi) is 9.04. The molecule has 3 rings (SSSR count). The minimum atomic E-state index is -0.199. The number of carbonyl (C=O) groups is 1. The van der Waals surface area contributed by atoms with Gasteiger partial charge in [0.15, 0.2) is 5.96 Å². The summed E-state index contributed by atoms with van der Waals surface area (Å²) in [6.45, 7) is 1.66. The molecule has 1 amide bonds. The first-order valence-electron chi connectivity index (χ1n) is 9.71. The predicted octanol–water partition coefficient (Wildman–Crippen LogP) is 2.98. The van der Waals surface area contributed by atoms with Gasteiger partial charge in [-0.15, -0.1) is 24.0 Å². The smallest absolute Gasteiger partial charge is 0.229 e. The summed E-state index contributed by atoms with van der Waals surface area (Å²) in [6, 6.07) is 14.8. The minimum absolute atomic E-state index is 0.